The number of rotatable bonds is 9. The van der Waals surface area contributed by atoms with Gasteiger partial charge in [0.05, 0.1) is 17.4 Å². The minimum absolute atomic E-state index is 0.0284. The Labute approximate surface area is 186 Å². The van der Waals surface area contributed by atoms with E-state index in [0.717, 1.165) is 63.8 Å². The molecule has 31 heavy (non-hydrogen) atoms. The van der Waals surface area contributed by atoms with E-state index in [1.165, 1.54) is 0 Å². The molecule has 1 saturated carbocycles. The van der Waals surface area contributed by atoms with Crippen LogP contribution in [-0.4, -0.2) is 59.0 Å². The van der Waals surface area contributed by atoms with E-state index in [1.54, 1.807) is 6.20 Å². The average Bonchev–Trinajstić information content (AvgIpc) is 3.31. The highest BCUT2D eigenvalue weighted by atomic mass is 16.5. The van der Waals surface area contributed by atoms with Gasteiger partial charge in [-0.15, -0.1) is 0 Å². The first-order valence-electron chi connectivity index (χ1n) is 12.0. The number of amides is 2. The highest BCUT2D eigenvalue weighted by Crippen LogP contribution is 2.36. The lowest BCUT2D eigenvalue weighted by molar-refractivity contribution is -0.121. The molecule has 1 atom stereocenters. The highest BCUT2D eigenvalue weighted by molar-refractivity contribution is 5.95. The summed E-state index contributed by atoms with van der Waals surface area (Å²) in [7, 11) is 0. The first-order valence-corrected chi connectivity index (χ1v) is 12.0. The van der Waals surface area contributed by atoms with Gasteiger partial charge in [0.2, 0.25) is 5.91 Å². The molecule has 2 heterocycles. The number of ether oxygens (including phenoxy) is 1. The van der Waals surface area contributed by atoms with Crippen LogP contribution in [0.3, 0.4) is 0 Å². The monoisotopic (exact) mass is 430 g/mol. The van der Waals surface area contributed by atoms with Crippen molar-refractivity contribution < 1.29 is 14.3 Å². The summed E-state index contributed by atoms with van der Waals surface area (Å²) in [4.78, 5) is 36.0. The molecule has 1 aromatic heterocycles. The number of aryl methyl sites for hydroxylation is 1. The van der Waals surface area contributed by atoms with Gasteiger partial charge in [-0.05, 0) is 71.6 Å². The summed E-state index contributed by atoms with van der Waals surface area (Å²) in [6, 6.07) is 0. The van der Waals surface area contributed by atoms with E-state index in [2.05, 4.69) is 15.3 Å². The number of nitrogens with one attached hydrogen (secondary N) is 1. The molecule has 1 aliphatic carbocycles. The van der Waals surface area contributed by atoms with E-state index < -0.39 is 0 Å². The Bertz CT molecular complexity index is 736. The maximum absolute atomic E-state index is 13.0. The second-order valence-electron chi connectivity index (χ2n) is 8.89. The van der Waals surface area contributed by atoms with Gasteiger partial charge < -0.3 is 15.0 Å². The first kappa shape index (κ1) is 23.6. The minimum atomic E-state index is 0.0284. The van der Waals surface area contributed by atoms with Gasteiger partial charge in [-0.3, -0.25) is 9.59 Å². The van der Waals surface area contributed by atoms with Gasteiger partial charge in [-0.2, -0.15) is 0 Å². The predicted molar refractivity (Wildman–Crippen MR) is 120 cm³/mol. The molecule has 2 aliphatic rings. The predicted octanol–water partition coefficient (Wildman–Crippen LogP) is 3.62. The third-order valence-corrected chi connectivity index (χ3v) is 6.76. The third-order valence-electron chi connectivity index (χ3n) is 6.76. The van der Waals surface area contributed by atoms with Crippen LogP contribution in [0.2, 0.25) is 0 Å². The van der Waals surface area contributed by atoms with E-state index in [-0.39, 0.29) is 23.8 Å². The molecule has 2 fully saturated rings. The topological polar surface area (TPSA) is 84.4 Å². The number of nitrogens with zero attached hydrogens (tertiary/aromatic N) is 3. The first-order chi connectivity index (χ1) is 15.0. The van der Waals surface area contributed by atoms with Crippen LogP contribution in [0.25, 0.3) is 0 Å². The zero-order valence-corrected chi connectivity index (χ0v) is 19.4. The second-order valence-corrected chi connectivity index (χ2v) is 8.89. The Balaban J connectivity index is 1.50. The van der Waals surface area contributed by atoms with Gasteiger partial charge in [0.1, 0.15) is 5.82 Å². The summed E-state index contributed by atoms with van der Waals surface area (Å²) in [5.74, 6) is 1.65. The molecule has 0 spiro atoms. The minimum Gasteiger partial charge on any atom is -0.378 e. The molecule has 1 saturated heterocycles. The smallest absolute Gasteiger partial charge is 0.257 e. The molecule has 172 valence electrons. The van der Waals surface area contributed by atoms with Crippen molar-refractivity contribution in [3.8, 4) is 0 Å². The summed E-state index contributed by atoms with van der Waals surface area (Å²) in [5.41, 5.74) is 1.56. The van der Waals surface area contributed by atoms with E-state index in [4.69, 9.17) is 4.74 Å². The maximum Gasteiger partial charge on any atom is 0.257 e. The van der Waals surface area contributed by atoms with Crippen LogP contribution in [0.1, 0.15) is 93.0 Å². The fourth-order valence-electron chi connectivity index (χ4n) is 4.80. The second kappa shape index (κ2) is 11.6. The highest BCUT2D eigenvalue weighted by Gasteiger charge is 2.28. The molecule has 1 unspecified atom stereocenters. The fourth-order valence-corrected chi connectivity index (χ4v) is 4.80. The Kier molecular flexibility index (Phi) is 8.81. The summed E-state index contributed by atoms with van der Waals surface area (Å²) in [5, 5.41) is 3.12. The summed E-state index contributed by atoms with van der Waals surface area (Å²) in [6.07, 6.45) is 9.62. The van der Waals surface area contributed by atoms with Crippen LogP contribution in [0.15, 0.2) is 6.20 Å². The molecule has 0 bridgehead atoms. The van der Waals surface area contributed by atoms with Crippen molar-refractivity contribution in [1.82, 2.24) is 20.2 Å². The number of hydrogen-bond acceptors (Lipinski definition) is 5. The number of aromatic nitrogens is 2. The van der Waals surface area contributed by atoms with E-state index in [1.807, 2.05) is 25.7 Å². The SMILES string of the molecule is CCN(CC)C(=O)c1cnc(C)nc1C1CCC(CNC(=O)CCC2CCCO2)CC1. The van der Waals surface area contributed by atoms with Crippen molar-refractivity contribution in [3.05, 3.63) is 23.3 Å². The van der Waals surface area contributed by atoms with E-state index in [0.29, 0.717) is 36.8 Å². The van der Waals surface area contributed by atoms with Crippen LogP contribution in [0, 0.1) is 12.8 Å². The van der Waals surface area contributed by atoms with Crippen molar-refractivity contribution in [1.29, 1.82) is 0 Å². The van der Waals surface area contributed by atoms with Gasteiger partial charge in [0.25, 0.3) is 5.91 Å². The number of carbonyl (C=O) groups excluding carboxylic acids is 2. The van der Waals surface area contributed by atoms with Crippen LogP contribution in [0.4, 0.5) is 0 Å². The molecular weight excluding hydrogens is 392 g/mol. The fraction of sp³-hybridized carbons (Fsp3) is 0.750. The zero-order chi connectivity index (χ0) is 22.2. The van der Waals surface area contributed by atoms with Crippen molar-refractivity contribution in [3.63, 3.8) is 0 Å². The van der Waals surface area contributed by atoms with Crippen LogP contribution in [0.5, 0.6) is 0 Å². The molecule has 3 rings (SSSR count). The zero-order valence-electron chi connectivity index (χ0n) is 19.4. The van der Waals surface area contributed by atoms with E-state index >= 15 is 0 Å². The molecule has 1 aromatic rings. The molecule has 7 heteroatoms. The van der Waals surface area contributed by atoms with Gasteiger partial charge in [0, 0.05) is 44.8 Å². The molecule has 2 amide bonds. The third kappa shape index (κ3) is 6.48. The summed E-state index contributed by atoms with van der Waals surface area (Å²) < 4.78 is 5.60. The molecular formula is C24H38N4O3. The lowest BCUT2D eigenvalue weighted by Crippen LogP contribution is -2.33. The van der Waals surface area contributed by atoms with Gasteiger partial charge in [0.15, 0.2) is 0 Å². The quantitative estimate of drug-likeness (QED) is 0.647. The van der Waals surface area contributed by atoms with Crippen molar-refractivity contribution in [2.75, 3.05) is 26.2 Å². The molecule has 0 aromatic carbocycles. The lowest BCUT2D eigenvalue weighted by Gasteiger charge is -2.30. The number of carbonyl (C=O) groups is 2. The normalized spacial score (nSPS) is 23.5. The lowest BCUT2D eigenvalue weighted by atomic mass is 9.79. The Morgan fingerprint density at radius 3 is 2.55 bits per heavy atom. The van der Waals surface area contributed by atoms with Gasteiger partial charge in [-0.25, -0.2) is 9.97 Å². The Morgan fingerprint density at radius 1 is 1.16 bits per heavy atom. The summed E-state index contributed by atoms with van der Waals surface area (Å²) in [6.45, 7) is 8.82. The van der Waals surface area contributed by atoms with Crippen molar-refractivity contribution >= 4 is 11.8 Å². The van der Waals surface area contributed by atoms with Crippen molar-refractivity contribution in [2.24, 2.45) is 5.92 Å². The maximum atomic E-state index is 13.0. The molecule has 7 nitrogen and oxygen atoms in total. The van der Waals surface area contributed by atoms with Crippen LogP contribution in [-0.2, 0) is 9.53 Å². The van der Waals surface area contributed by atoms with Gasteiger partial charge in [-0.1, -0.05) is 0 Å². The standard InChI is InChI=1S/C24H38N4O3/c1-4-28(5-2)24(30)21-16-25-17(3)27-23(21)19-10-8-18(9-11-19)15-26-22(29)13-12-20-7-6-14-31-20/h16,18-20H,4-15H2,1-3H3,(H,26,29). The van der Waals surface area contributed by atoms with Crippen LogP contribution >= 0.6 is 0 Å². The van der Waals surface area contributed by atoms with E-state index in [9.17, 15) is 9.59 Å². The van der Waals surface area contributed by atoms with Crippen molar-refractivity contribution in [2.45, 2.75) is 84.2 Å². The Hall–Kier alpha value is -2.02. The van der Waals surface area contributed by atoms with Gasteiger partial charge >= 0.3 is 0 Å². The molecule has 1 aliphatic heterocycles. The molecule has 1 N–H and O–H groups in total. The van der Waals surface area contributed by atoms with Crippen LogP contribution < -0.4 is 5.32 Å². The largest absolute Gasteiger partial charge is 0.378 e. The summed E-state index contributed by atoms with van der Waals surface area (Å²) >= 11 is 0. The average molecular weight is 431 g/mol. The Morgan fingerprint density at radius 2 is 1.90 bits per heavy atom. The molecule has 0 radical (unpaired) electrons. The number of hydrogen-bond donors (Lipinski definition) is 1.